The molecule has 4 atom stereocenters. The van der Waals surface area contributed by atoms with Gasteiger partial charge in [0.25, 0.3) is 0 Å². The SMILES string of the molecule is COc1cc2c(cc1OCCCNC(=O)C(N)CCCCNC(=O)C(N)CCCCN)CC[n+]1cc3c(OCCCNC(=O)C(N)CCCCNC(=O)C(N)CCCCN)c(OC)ccc3cc1-2. The van der Waals surface area contributed by atoms with Crippen LogP contribution in [0.3, 0.4) is 0 Å². The number of hydrogen-bond donors (Lipinski definition) is 10. The fourth-order valence-electron chi connectivity index (χ4n) is 7.99. The van der Waals surface area contributed by atoms with E-state index in [1.54, 1.807) is 14.2 Å². The summed E-state index contributed by atoms with van der Waals surface area (Å²) in [5, 5.41) is 13.4. The number of aromatic nitrogens is 1. The molecule has 4 unspecified atom stereocenters. The molecule has 3 aromatic rings. The van der Waals surface area contributed by atoms with Crippen molar-refractivity contribution in [3.63, 3.8) is 0 Å². The van der Waals surface area contributed by atoms with E-state index in [0.29, 0.717) is 140 Å². The zero-order valence-electron chi connectivity index (χ0n) is 40.4. The number of nitrogens with zero attached hydrogens (tertiary/aromatic N) is 1. The lowest BCUT2D eigenvalue weighted by Crippen LogP contribution is -2.42. The van der Waals surface area contributed by atoms with Gasteiger partial charge in [-0.2, -0.15) is 4.57 Å². The second-order valence-electron chi connectivity index (χ2n) is 17.4. The van der Waals surface area contributed by atoms with Crippen LogP contribution in [0, 0.1) is 0 Å². The largest absolute Gasteiger partial charge is 0.493 e. The van der Waals surface area contributed by atoms with E-state index in [-0.39, 0.29) is 23.6 Å². The standard InChI is InChI=1S/C49H79N11O8/c1-65-42-18-17-33-29-41-35-31-43(66-2)44(67-27-11-24-58-48(63)39(54)15-5-9-22-56-46(61)37(52)13-3-7-20-50)30-34(35)19-26-60(41)32-36(33)45(42)68-28-12-25-59-49(64)40(55)16-6-10-23-57-47(62)38(53)14-4-8-21-51/h17-18,29-32,37-40H,3-16,19-28,50-55H2,1-2H3,(H3-,56,57,58,59,61,62,63,64)/p+1. The summed E-state index contributed by atoms with van der Waals surface area (Å²) < 4.78 is 26.2. The van der Waals surface area contributed by atoms with Crippen molar-refractivity contribution in [1.82, 2.24) is 21.3 Å². The van der Waals surface area contributed by atoms with Crippen molar-refractivity contribution in [1.29, 1.82) is 0 Å². The number of fused-ring (bicyclic) bond motifs is 4. The summed E-state index contributed by atoms with van der Waals surface area (Å²) in [4.78, 5) is 49.6. The Morgan fingerprint density at radius 3 is 1.53 bits per heavy atom. The first-order valence-electron chi connectivity index (χ1n) is 24.5. The van der Waals surface area contributed by atoms with Crippen molar-refractivity contribution in [2.24, 2.45) is 34.4 Å². The molecule has 2 heterocycles. The topological polar surface area (TPSA) is 313 Å². The van der Waals surface area contributed by atoms with Gasteiger partial charge in [-0.15, -0.1) is 0 Å². The second-order valence-corrected chi connectivity index (χ2v) is 17.4. The zero-order chi connectivity index (χ0) is 49.3. The molecular formula is C49H80N11O8+. The highest BCUT2D eigenvalue weighted by atomic mass is 16.5. The smallest absolute Gasteiger partial charge is 0.236 e. The van der Waals surface area contributed by atoms with Crippen LogP contribution in [0.15, 0.2) is 36.5 Å². The minimum Gasteiger partial charge on any atom is -0.493 e. The first kappa shape index (κ1) is 55.3. The summed E-state index contributed by atoms with van der Waals surface area (Å²) in [5.41, 5.74) is 38.4. The molecule has 2 aromatic carbocycles. The van der Waals surface area contributed by atoms with Crippen molar-refractivity contribution >= 4 is 34.4 Å². The number of carbonyl (C=O) groups excluding carboxylic acids is 4. The monoisotopic (exact) mass is 951 g/mol. The van der Waals surface area contributed by atoms with Crippen molar-refractivity contribution in [3.05, 3.63) is 42.1 Å². The average Bonchev–Trinajstić information content (AvgIpc) is 3.34. The number of aryl methyl sites for hydroxylation is 2. The molecule has 1 aliphatic rings. The number of nitrogens with one attached hydrogen (secondary N) is 4. The van der Waals surface area contributed by atoms with Gasteiger partial charge in [0.2, 0.25) is 29.3 Å². The third-order valence-corrected chi connectivity index (χ3v) is 12.1. The number of benzene rings is 2. The van der Waals surface area contributed by atoms with Crippen LogP contribution in [0.4, 0.5) is 0 Å². The van der Waals surface area contributed by atoms with Crippen LogP contribution >= 0.6 is 0 Å². The molecule has 4 rings (SSSR count). The first-order chi connectivity index (χ1) is 32.9. The highest BCUT2D eigenvalue weighted by molar-refractivity contribution is 5.92. The van der Waals surface area contributed by atoms with E-state index >= 15 is 0 Å². The summed E-state index contributed by atoms with van der Waals surface area (Å²) in [6.45, 7) is 4.41. The highest BCUT2D eigenvalue weighted by Gasteiger charge is 2.28. The fourth-order valence-corrected chi connectivity index (χ4v) is 7.99. The molecule has 19 heteroatoms. The van der Waals surface area contributed by atoms with Gasteiger partial charge in [0.15, 0.2) is 35.7 Å². The zero-order valence-corrected chi connectivity index (χ0v) is 40.4. The van der Waals surface area contributed by atoms with E-state index in [4.69, 9.17) is 53.3 Å². The molecular weight excluding hydrogens is 871 g/mol. The lowest BCUT2D eigenvalue weighted by atomic mass is 9.95. The lowest BCUT2D eigenvalue weighted by molar-refractivity contribution is -0.686. The van der Waals surface area contributed by atoms with E-state index in [1.807, 2.05) is 24.3 Å². The molecule has 19 nitrogen and oxygen atoms in total. The summed E-state index contributed by atoms with van der Waals surface area (Å²) in [6, 6.07) is 7.74. The Kier molecular flexibility index (Phi) is 24.6. The number of amides is 4. The van der Waals surface area contributed by atoms with Crippen LogP contribution in [-0.2, 0) is 32.1 Å². The summed E-state index contributed by atoms with van der Waals surface area (Å²) in [5.74, 6) is 1.71. The first-order valence-corrected chi connectivity index (χ1v) is 24.5. The van der Waals surface area contributed by atoms with Gasteiger partial charge < -0.3 is 74.6 Å². The maximum Gasteiger partial charge on any atom is 0.236 e. The van der Waals surface area contributed by atoms with Crippen LogP contribution in [-0.4, -0.2) is 114 Å². The number of pyridine rings is 1. The van der Waals surface area contributed by atoms with Crippen molar-refractivity contribution in [3.8, 4) is 34.3 Å². The van der Waals surface area contributed by atoms with Crippen LogP contribution in [0.5, 0.6) is 23.0 Å². The van der Waals surface area contributed by atoms with Crippen molar-refractivity contribution in [2.45, 2.75) is 127 Å². The number of unbranched alkanes of at least 4 members (excludes halogenated alkanes) is 4. The van der Waals surface area contributed by atoms with Gasteiger partial charge in [-0.05, 0) is 125 Å². The summed E-state index contributed by atoms with van der Waals surface area (Å²) >= 11 is 0. The van der Waals surface area contributed by atoms with Gasteiger partial charge in [0.05, 0.1) is 62.6 Å². The molecule has 1 aliphatic heterocycles. The minimum atomic E-state index is -0.646. The molecule has 0 fully saturated rings. The number of nitrogens with two attached hydrogens (primary N) is 6. The molecule has 4 amide bonds. The minimum absolute atomic E-state index is 0.167. The van der Waals surface area contributed by atoms with Crippen LogP contribution in [0.2, 0.25) is 0 Å². The van der Waals surface area contributed by atoms with Gasteiger partial charge in [-0.3, -0.25) is 19.2 Å². The molecule has 0 aliphatic carbocycles. The second kappa shape index (κ2) is 30.2. The van der Waals surface area contributed by atoms with Gasteiger partial charge in [-0.25, -0.2) is 0 Å². The molecule has 0 radical (unpaired) electrons. The van der Waals surface area contributed by atoms with Crippen LogP contribution < -0.4 is 79.2 Å². The van der Waals surface area contributed by atoms with E-state index < -0.39 is 24.2 Å². The molecule has 16 N–H and O–H groups in total. The molecule has 1 aromatic heterocycles. The predicted molar refractivity (Wildman–Crippen MR) is 264 cm³/mol. The molecule has 68 heavy (non-hydrogen) atoms. The predicted octanol–water partition coefficient (Wildman–Crippen LogP) is 1.28. The fraction of sp³-hybridized carbons (Fsp3) is 0.612. The van der Waals surface area contributed by atoms with E-state index in [9.17, 15) is 19.2 Å². The quantitative estimate of drug-likeness (QED) is 0.0298. The molecule has 378 valence electrons. The van der Waals surface area contributed by atoms with Crippen LogP contribution in [0.25, 0.3) is 22.0 Å². The molecule has 0 saturated carbocycles. The van der Waals surface area contributed by atoms with Crippen LogP contribution in [0.1, 0.15) is 95.5 Å². The Morgan fingerprint density at radius 1 is 0.574 bits per heavy atom. The third-order valence-electron chi connectivity index (χ3n) is 12.1. The maximum atomic E-state index is 12.7. The lowest BCUT2D eigenvalue weighted by Gasteiger charge is -2.20. The Hall–Kier alpha value is -5.31. The number of rotatable bonds is 34. The number of hydrogen-bond acceptors (Lipinski definition) is 14. The van der Waals surface area contributed by atoms with E-state index in [0.717, 1.165) is 66.2 Å². The normalized spacial score (nSPS) is 13.6. The Morgan fingerprint density at radius 2 is 1.04 bits per heavy atom. The Bertz CT molecular complexity index is 2060. The van der Waals surface area contributed by atoms with Crippen molar-refractivity contribution < 1.29 is 42.7 Å². The average molecular weight is 951 g/mol. The van der Waals surface area contributed by atoms with Crippen molar-refractivity contribution in [2.75, 3.05) is 66.7 Å². The Labute approximate surface area is 401 Å². The van der Waals surface area contributed by atoms with E-state index in [2.05, 4.69) is 38.1 Å². The molecule has 0 bridgehead atoms. The summed E-state index contributed by atoms with van der Waals surface area (Å²) in [7, 11) is 3.23. The van der Waals surface area contributed by atoms with Gasteiger partial charge in [0.1, 0.15) is 0 Å². The maximum absolute atomic E-state index is 12.7. The summed E-state index contributed by atoms with van der Waals surface area (Å²) in [6.07, 6.45) is 12.4. The molecule has 0 spiro atoms. The van der Waals surface area contributed by atoms with E-state index in [1.165, 1.54) is 0 Å². The van der Waals surface area contributed by atoms with Gasteiger partial charge >= 0.3 is 0 Å². The van der Waals surface area contributed by atoms with Gasteiger partial charge in [0, 0.05) is 38.7 Å². The Balaban J connectivity index is 1.20. The highest BCUT2D eigenvalue weighted by Crippen LogP contribution is 2.40. The number of ether oxygens (including phenoxy) is 4. The number of carbonyl (C=O) groups is 4. The third kappa shape index (κ3) is 17.6. The van der Waals surface area contributed by atoms with Gasteiger partial charge in [-0.1, -0.05) is 12.8 Å². The molecule has 0 saturated heterocycles. The number of methoxy groups -OCH3 is 2.